The van der Waals surface area contributed by atoms with Gasteiger partial charge in [0.05, 0.1) is 12.7 Å². The van der Waals surface area contributed by atoms with E-state index in [0.29, 0.717) is 17.4 Å². The van der Waals surface area contributed by atoms with E-state index in [1.807, 2.05) is 18.2 Å². The molecule has 1 heterocycles. The van der Waals surface area contributed by atoms with Gasteiger partial charge in [0.25, 0.3) is 0 Å². The van der Waals surface area contributed by atoms with E-state index in [1.54, 1.807) is 7.11 Å². The zero-order valence-electron chi connectivity index (χ0n) is 11.6. The second-order valence-corrected chi connectivity index (χ2v) is 4.93. The first-order chi connectivity index (χ1) is 9.28. The Morgan fingerprint density at radius 1 is 1.47 bits per heavy atom. The number of methoxy groups -OCH3 is 1. The van der Waals surface area contributed by atoms with Crippen LogP contribution in [0.4, 0.5) is 0 Å². The quantitative estimate of drug-likeness (QED) is 0.845. The Morgan fingerprint density at radius 2 is 2.26 bits per heavy atom. The molecule has 0 radical (unpaired) electrons. The maximum absolute atomic E-state index is 8.99. The van der Waals surface area contributed by atoms with Crippen molar-refractivity contribution in [2.24, 2.45) is 0 Å². The van der Waals surface area contributed by atoms with Gasteiger partial charge in [-0.15, -0.1) is 0 Å². The summed E-state index contributed by atoms with van der Waals surface area (Å²) in [5.41, 5.74) is 1.80. The van der Waals surface area contributed by atoms with E-state index in [4.69, 9.17) is 10.00 Å². The summed E-state index contributed by atoms with van der Waals surface area (Å²) < 4.78 is 5.27. The first kappa shape index (κ1) is 13.9. The molecule has 2 rings (SSSR count). The molecule has 0 spiro atoms. The molecule has 4 heteroatoms. The highest BCUT2D eigenvalue weighted by Crippen LogP contribution is 2.21. The molecular formula is C15H21N3O. The summed E-state index contributed by atoms with van der Waals surface area (Å²) in [6.07, 6.45) is 1.16. The summed E-state index contributed by atoms with van der Waals surface area (Å²) in [5, 5.41) is 12.3. The van der Waals surface area contributed by atoms with E-state index in [1.165, 1.54) is 5.56 Å². The number of nitriles is 1. The van der Waals surface area contributed by atoms with Crippen molar-refractivity contribution in [3.8, 4) is 11.8 Å². The number of hydrogen-bond donors (Lipinski definition) is 1. The maximum atomic E-state index is 8.99. The van der Waals surface area contributed by atoms with Gasteiger partial charge in [0.2, 0.25) is 0 Å². The Balaban J connectivity index is 2.10. The Hall–Kier alpha value is -1.57. The van der Waals surface area contributed by atoms with E-state index in [2.05, 4.69) is 23.2 Å². The van der Waals surface area contributed by atoms with E-state index in [-0.39, 0.29) is 0 Å². The molecule has 102 valence electrons. The van der Waals surface area contributed by atoms with Crippen LogP contribution in [0, 0.1) is 11.3 Å². The van der Waals surface area contributed by atoms with Crippen LogP contribution in [-0.4, -0.2) is 37.7 Å². The normalized spacial score (nSPS) is 15.1. The van der Waals surface area contributed by atoms with Gasteiger partial charge in [0.15, 0.2) is 0 Å². The molecule has 4 nitrogen and oxygen atoms in total. The van der Waals surface area contributed by atoms with Crippen LogP contribution >= 0.6 is 0 Å². The lowest BCUT2D eigenvalue weighted by atomic mass is 10.1. The van der Waals surface area contributed by atoms with Gasteiger partial charge in [-0.1, -0.05) is 13.0 Å². The molecule has 1 aromatic rings. The second-order valence-electron chi connectivity index (χ2n) is 4.93. The van der Waals surface area contributed by atoms with Crippen molar-refractivity contribution < 1.29 is 4.74 Å². The molecule has 0 aromatic heterocycles. The van der Waals surface area contributed by atoms with E-state index < -0.39 is 0 Å². The van der Waals surface area contributed by atoms with Crippen LogP contribution in [0.5, 0.6) is 5.75 Å². The first-order valence-corrected chi connectivity index (χ1v) is 6.80. The topological polar surface area (TPSA) is 48.3 Å². The molecule has 1 aliphatic heterocycles. The lowest BCUT2D eigenvalue weighted by Gasteiger charge is -2.38. The predicted octanol–water partition coefficient (Wildman–Crippen LogP) is 1.75. The molecule has 0 amide bonds. The number of nitrogens with one attached hydrogen (secondary N) is 1. The van der Waals surface area contributed by atoms with Crippen LogP contribution in [0.2, 0.25) is 0 Å². The second kappa shape index (κ2) is 6.55. The standard InChI is InChI=1S/C15H21N3O/c1-3-6-18(14-9-17-10-14)11-12-4-5-13(8-16)15(7-12)19-2/h4-5,7,14,17H,3,6,9-11H2,1-2H3. The van der Waals surface area contributed by atoms with Crippen molar-refractivity contribution in [2.45, 2.75) is 25.9 Å². The largest absolute Gasteiger partial charge is 0.495 e. The van der Waals surface area contributed by atoms with Gasteiger partial charge in [0, 0.05) is 25.7 Å². The van der Waals surface area contributed by atoms with Gasteiger partial charge >= 0.3 is 0 Å². The van der Waals surface area contributed by atoms with Crippen molar-refractivity contribution in [1.29, 1.82) is 5.26 Å². The molecule has 19 heavy (non-hydrogen) atoms. The minimum atomic E-state index is 0.596. The minimum absolute atomic E-state index is 0.596. The van der Waals surface area contributed by atoms with Crippen molar-refractivity contribution in [1.82, 2.24) is 10.2 Å². The third-order valence-corrected chi connectivity index (χ3v) is 3.56. The zero-order chi connectivity index (χ0) is 13.7. The highest BCUT2D eigenvalue weighted by Gasteiger charge is 2.23. The molecule has 1 N–H and O–H groups in total. The molecule has 1 saturated heterocycles. The van der Waals surface area contributed by atoms with E-state index in [9.17, 15) is 0 Å². The molecule has 1 aromatic carbocycles. The average molecular weight is 259 g/mol. The first-order valence-electron chi connectivity index (χ1n) is 6.80. The minimum Gasteiger partial charge on any atom is -0.495 e. The highest BCUT2D eigenvalue weighted by atomic mass is 16.5. The highest BCUT2D eigenvalue weighted by molar-refractivity contribution is 5.45. The number of nitrogens with zero attached hydrogens (tertiary/aromatic N) is 2. The van der Waals surface area contributed by atoms with Crippen molar-refractivity contribution >= 4 is 0 Å². The molecule has 0 unspecified atom stereocenters. The summed E-state index contributed by atoms with van der Waals surface area (Å²) in [5.74, 6) is 0.670. The van der Waals surface area contributed by atoms with Gasteiger partial charge in [0.1, 0.15) is 11.8 Å². The van der Waals surface area contributed by atoms with Crippen molar-refractivity contribution in [3.63, 3.8) is 0 Å². The fraction of sp³-hybridized carbons (Fsp3) is 0.533. The third kappa shape index (κ3) is 3.25. The molecule has 0 aliphatic carbocycles. The molecule has 1 fully saturated rings. The maximum Gasteiger partial charge on any atom is 0.136 e. The summed E-state index contributed by atoms with van der Waals surface area (Å²) in [6.45, 7) is 6.39. The number of benzene rings is 1. The monoisotopic (exact) mass is 259 g/mol. The summed E-state index contributed by atoms with van der Waals surface area (Å²) >= 11 is 0. The average Bonchev–Trinajstić information content (AvgIpc) is 2.37. The number of rotatable bonds is 6. The van der Waals surface area contributed by atoms with Crippen LogP contribution in [0.15, 0.2) is 18.2 Å². The number of ether oxygens (including phenoxy) is 1. The molecule has 0 saturated carbocycles. The lowest BCUT2D eigenvalue weighted by Crippen LogP contribution is -2.56. The van der Waals surface area contributed by atoms with Crippen LogP contribution in [0.3, 0.4) is 0 Å². The fourth-order valence-electron chi connectivity index (χ4n) is 2.37. The lowest BCUT2D eigenvalue weighted by molar-refractivity contribution is 0.137. The van der Waals surface area contributed by atoms with Gasteiger partial charge in [-0.3, -0.25) is 4.90 Å². The third-order valence-electron chi connectivity index (χ3n) is 3.56. The molecule has 0 bridgehead atoms. The van der Waals surface area contributed by atoms with Crippen molar-refractivity contribution in [2.75, 3.05) is 26.7 Å². The van der Waals surface area contributed by atoms with Crippen LogP contribution in [-0.2, 0) is 6.54 Å². The fourth-order valence-corrected chi connectivity index (χ4v) is 2.37. The molecule has 0 atom stereocenters. The number of hydrogen-bond acceptors (Lipinski definition) is 4. The van der Waals surface area contributed by atoms with Gasteiger partial charge in [-0.2, -0.15) is 5.26 Å². The van der Waals surface area contributed by atoms with E-state index >= 15 is 0 Å². The summed E-state index contributed by atoms with van der Waals surface area (Å²) in [6, 6.07) is 8.64. The van der Waals surface area contributed by atoms with Crippen LogP contribution in [0.25, 0.3) is 0 Å². The summed E-state index contributed by atoms with van der Waals surface area (Å²) in [4.78, 5) is 2.50. The summed E-state index contributed by atoms with van der Waals surface area (Å²) in [7, 11) is 1.61. The smallest absolute Gasteiger partial charge is 0.136 e. The van der Waals surface area contributed by atoms with Gasteiger partial charge in [-0.05, 0) is 30.7 Å². The SMILES string of the molecule is CCCN(Cc1ccc(C#N)c(OC)c1)C1CNC1. The van der Waals surface area contributed by atoms with Crippen molar-refractivity contribution in [3.05, 3.63) is 29.3 Å². The Morgan fingerprint density at radius 3 is 2.79 bits per heavy atom. The van der Waals surface area contributed by atoms with Gasteiger partial charge in [-0.25, -0.2) is 0 Å². The molecule has 1 aliphatic rings. The Kier molecular flexibility index (Phi) is 4.78. The molecular weight excluding hydrogens is 238 g/mol. The van der Waals surface area contributed by atoms with Crippen LogP contribution < -0.4 is 10.1 Å². The van der Waals surface area contributed by atoms with E-state index in [0.717, 1.165) is 32.6 Å². The zero-order valence-corrected chi connectivity index (χ0v) is 11.6. The Labute approximate surface area is 115 Å². The Bertz CT molecular complexity index is 463. The van der Waals surface area contributed by atoms with Gasteiger partial charge < -0.3 is 10.1 Å². The van der Waals surface area contributed by atoms with Crippen LogP contribution in [0.1, 0.15) is 24.5 Å². The predicted molar refractivity (Wildman–Crippen MR) is 75.1 cm³/mol.